The van der Waals surface area contributed by atoms with Crippen LogP contribution >= 0.6 is 23.5 Å². The topological polar surface area (TPSA) is 376 Å². The zero-order valence-electron chi connectivity index (χ0n) is 66.0. The molecule has 4 heterocycles. The minimum absolute atomic E-state index is 0.0401. The van der Waals surface area contributed by atoms with Crippen molar-refractivity contribution in [1.82, 2.24) is 31.9 Å². The van der Waals surface area contributed by atoms with E-state index < -0.39 is 73.6 Å². The number of nitrogens with one attached hydrogen (secondary N) is 6. The first-order valence-electron chi connectivity index (χ1n) is 38.3. The highest BCUT2D eigenvalue weighted by atomic mass is 32.2. The highest BCUT2D eigenvalue weighted by Gasteiger charge is 2.46. The van der Waals surface area contributed by atoms with E-state index in [1.807, 2.05) is 100 Å². The second-order valence-corrected chi connectivity index (χ2v) is 39.1. The van der Waals surface area contributed by atoms with Gasteiger partial charge in [0.05, 0.1) is 52.4 Å². The summed E-state index contributed by atoms with van der Waals surface area (Å²) >= 11 is 3.20. The number of hydrogen-bond acceptors (Lipinski definition) is 18. The van der Waals surface area contributed by atoms with E-state index >= 15 is 0 Å². The van der Waals surface area contributed by atoms with Crippen LogP contribution in [0.4, 0.5) is 32.3 Å². The van der Waals surface area contributed by atoms with E-state index in [2.05, 4.69) is 93.0 Å². The van der Waals surface area contributed by atoms with Crippen molar-refractivity contribution in [3.63, 3.8) is 0 Å². The summed E-state index contributed by atoms with van der Waals surface area (Å²) < 4.78 is 141. The number of anilines is 2. The summed E-state index contributed by atoms with van der Waals surface area (Å²) in [6.07, 6.45) is 22.9. The number of rotatable bonds is 43. The van der Waals surface area contributed by atoms with E-state index in [0.29, 0.717) is 73.3 Å². The van der Waals surface area contributed by atoms with Crippen LogP contribution in [0.1, 0.15) is 179 Å². The Kier molecular flexibility index (Phi) is 31.6. The van der Waals surface area contributed by atoms with Gasteiger partial charge < -0.3 is 50.8 Å². The fourth-order valence-corrected chi connectivity index (χ4v) is 18.8. The van der Waals surface area contributed by atoms with Crippen LogP contribution in [-0.4, -0.2) is 184 Å². The van der Waals surface area contributed by atoms with Crippen LogP contribution in [0.25, 0.3) is 0 Å². The molecule has 0 fully saturated rings. The van der Waals surface area contributed by atoms with Crippen molar-refractivity contribution in [2.45, 2.75) is 190 Å². The highest BCUT2D eigenvalue weighted by molar-refractivity contribution is 8.00. The maximum atomic E-state index is 12.9. The first-order valence-corrected chi connectivity index (χ1v) is 46.6. The number of hydrogen-bond donors (Lipinski definition) is 8. The van der Waals surface area contributed by atoms with Crippen LogP contribution in [0.2, 0.25) is 0 Å². The van der Waals surface area contributed by atoms with Gasteiger partial charge in [0.15, 0.2) is 11.4 Å². The average Bonchev–Trinajstić information content (AvgIpc) is 1.65. The normalized spacial score (nSPS) is 16.9. The van der Waals surface area contributed by atoms with Gasteiger partial charge in [0.25, 0.3) is 20.2 Å². The molecule has 614 valence electrons. The van der Waals surface area contributed by atoms with E-state index in [9.17, 15) is 71.1 Å². The zero-order valence-corrected chi connectivity index (χ0v) is 70.9. The van der Waals surface area contributed by atoms with Crippen molar-refractivity contribution in [2.75, 3.05) is 97.7 Å². The number of urea groups is 2. The molecule has 0 bridgehead atoms. The molecule has 4 aliphatic heterocycles. The Morgan fingerprint density at radius 2 is 0.777 bits per heavy atom. The summed E-state index contributed by atoms with van der Waals surface area (Å²) in [5.41, 5.74) is 9.98. The quantitative estimate of drug-likeness (QED) is 0.0116. The number of unbranched alkanes of at least 4 members (excludes halogenated alkanes) is 9. The molecule has 0 aromatic heterocycles. The van der Waals surface area contributed by atoms with Gasteiger partial charge in [-0.05, 0) is 174 Å². The van der Waals surface area contributed by atoms with Gasteiger partial charge >= 0.3 is 12.1 Å². The summed E-state index contributed by atoms with van der Waals surface area (Å²) in [4.78, 5) is 53.8. The van der Waals surface area contributed by atoms with Crippen LogP contribution in [0, 0.1) is 0 Å². The molecular formula is C80H112N10O16S6. The lowest BCUT2D eigenvalue weighted by molar-refractivity contribution is -0.401. The van der Waals surface area contributed by atoms with E-state index in [4.69, 9.17) is 0 Å². The molecule has 32 heteroatoms. The van der Waals surface area contributed by atoms with Gasteiger partial charge in [-0.3, -0.25) is 18.7 Å². The molecule has 112 heavy (non-hydrogen) atoms. The number of benzene rings is 4. The third-order valence-corrected chi connectivity index (χ3v) is 26.6. The molecule has 4 aromatic rings. The summed E-state index contributed by atoms with van der Waals surface area (Å²) in [5, 5.41) is 17.8. The molecule has 0 saturated heterocycles. The molecule has 0 unspecified atom stereocenters. The fourth-order valence-electron chi connectivity index (χ4n) is 15.1. The molecule has 8 N–H and O–H groups in total. The number of fused-ring (bicyclic) bond motifs is 4. The van der Waals surface area contributed by atoms with Gasteiger partial charge in [0.2, 0.25) is 23.2 Å². The monoisotopic (exact) mass is 1660 g/mol. The Morgan fingerprint density at radius 1 is 0.438 bits per heavy atom. The summed E-state index contributed by atoms with van der Waals surface area (Å²) in [6.45, 7) is 19.7. The van der Waals surface area contributed by atoms with Gasteiger partial charge in [0.1, 0.15) is 14.1 Å². The molecule has 0 saturated carbocycles. The highest BCUT2D eigenvalue weighted by Crippen LogP contribution is 2.51. The molecule has 8 rings (SSSR count). The molecule has 0 spiro atoms. The first-order chi connectivity index (χ1) is 52.6. The second-order valence-electron chi connectivity index (χ2n) is 31.0. The van der Waals surface area contributed by atoms with Crippen molar-refractivity contribution >= 4 is 122 Å². The van der Waals surface area contributed by atoms with Crippen LogP contribution in [0.15, 0.2) is 130 Å². The third-order valence-electron chi connectivity index (χ3n) is 21.2. The Bertz CT molecular complexity index is 4480. The lowest BCUT2D eigenvalue weighted by Gasteiger charge is -2.27. The number of amides is 6. The number of nitrogens with zero attached hydrogens (tertiary/aromatic N) is 4. The second kappa shape index (κ2) is 39.3. The number of carbonyl (C=O) groups is 4. The molecule has 4 aliphatic rings. The van der Waals surface area contributed by atoms with E-state index in [0.717, 1.165) is 145 Å². The van der Waals surface area contributed by atoms with Crippen molar-refractivity contribution in [1.29, 1.82) is 0 Å². The minimum Gasteiger partial charge on any atom is -0.748 e. The maximum Gasteiger partial charge on any atom is 0.314 e. The van der Waals surface area contributed by atoms with Gasteiger partial charge in [0, 0.05) is 133 Å². The number of carbonyl (C=O) groups excluding carboxylic acids is 4. The van der Waals surface area contributed by atoms with E-state index in [1.54, 1.807) is 35.7 Å². The molecule has 0 aliphatic carbocycles. The third kappa shape index (κ3) is 24.6. The van der Waals surface area contributed by atoms with Crippen LogP contribution < -0.4 is 41.7 Å². The predicted molar refractivity (Wildman–Crippen MR) is 443 cm³/mol. The Labute approximate surface area is 671 Å². The minimum atomic E-state index is -4.49. The largest absolute Gasteiger partial charge is 0.748 e. The number of thioether (sulfide) groups is 2. The van der Waals surface area contributed by atoms with Crippen LogP contribution in [0.3, 0.4) is 0 Å². The van der Waals surface area contributed by atoms with Crippen molar-refractivity contribution in [3.8, 4) is 0 Å². The van der Waals surface area contributed by atoms with Crippen molar-refractivity contribution in [3.05, 3.63) is 154 Å². The Hall–Kier alpha value is -7.40. The number of allylic oxidation sites excluding steroid dienone is 8. The Morgan fingerprint density at radius 3 is 1.11 bits per heavy atom. The van der Waals surface area contributed by atoms with Crippen molar-refractivity contribution < 1.29 is 80.2 Å². The molecule has 6 amide bonds. The molecule has 4 aromatic carbocycles. The fraction of sp³-hybridized carbons (Fsp3) is 0.525. The van der Waals surface area contributed by atoms with E-state index in [-0.39, 0.29) is 59.6 Å². The van der Waals surface area contributed by atoms with Crippen LogP contribution in [-0.2, 0) is 84.8 Å². The lowest BCUT2D eigenvalue weighted by atomic mass is 9.80. The van der Waals surface area contributed by atoms with Gasteiger partial charge in [-0.2, -0.15) is 49.5 Å². The van der Waals surface area contributed by atoms with Gasteiger partial charge in [-0.1, -0.05) is 90.5 Å². The maximum absolute atomic E-state index is 12.9. The smallest absolute Gasteiger partial charge is 0.314 e. The first kappa shape index (κ1) is 90.1. The molecule has 0 radical (unpaired) electrons. The Balaban J connectivity index is 0.600. The summed E-state index contributed by atoms with van der Waals surface area (Å²) in [5.74, 6) is 1.22. The summed E-state index contributed by atoms with van der Waals surface area (Å²) in [7, 11) is -13.9. The summed E-state index contributed by atoms with van der Waals surface area (Å²) in [6, 6.07) is 20.7. The van der Waals surface area contributed by atoms with Crippen molar-refractivity contribution in [2.24, 2.45) is 0 Å². The standard InChI is InChI=1S/C80H112N10O16S6/c1-77(2)61-49-57(31-35-65(61)87(9)69(77)27-23-29-71-79(5,6)63-51-59(111(101,102)103)33-37-67(63)89(71)43-25-47-109(95,96)97)53-85-73(91)55-107-45-21-15-13-19-41-83-75(93)81-39-17-11-12-18-40-82-76(94)84-42-20-14-16-22-46-108-56-74(92)86-54-58-32-36-66-62(50-58)78(3,4)70(88(66)10)28-24-30-72-80(7,8)64-52-60(112(104,105)106)34-38-68(64)90(72)44-26-48-110(98,99)100/h23-24,27-38,49-52H,11-22,25-26,39-48,53-56H2,1-10H3,(H8-2,81,82,83,84,85,86,91,92,93,94,95,96,97,98,99,100,101,102,103,104,105,106). The predicted octanol–water partition coefficient (Wildman–Crippen LogP) is 11.2. The SMILES string of the molecule is C[N+]1=C(/C=C/C=C2/N(CCCS(=O)(=O)[O-])c3ccc(S(=O)(=O)O)cc3C2(C)C)C(C)(C)c2cc(CNC(=O)CSCCCCCCNC(=O)NCCCCCCNC(=O)NCCCCCCSCC(=O)NCc3ccc4c(c3)C(C)(C)C(/C=C/C=C3/N(CCCS(=O)(=O)[O-])c5ccc(S(=O)(=O)O)cc5C3(C)C)=[N+]4C)ccc21. The van der Waals surface area contributed by atoms with Gasteiger partial charge in [-0.15, -0.1) is 0 Å². The zero-order chi connectivity index (χ0) is 82.0. The average molecular weight is 1660 g/mol. The molecule has 0 atom stereocenters. The lowest BCUT2D eigenvalue weighted by Crippen LogP contribution is -2.36. The van der Waals surface area contributed by atoms with Crippen LogP contribution in [0.5, 0.6) is 0 Å². The van der Waals surface area contributed by atoms with E-state index in [1.165, 1.54) is 24.3 Å². The molecular weight excluding hydrogens is 1550 g/mol. The van der Waals surface area contributed by atoms with Gasteiger partial charge in [-0.25, -0.2) is 26.4 Å². The molecule has 26 nitrogen and oxygen atoms in total.